The number of para-hydroxylation sites is 1. The van der Waals surface area contributed by atoms with Gasteiger partial charge >= 0.3 is 6.18 Å². The van der Waals surface area contributed by atoms with Crippen LogP contribution in [0.1, 0.15) is 21.6 Å². The van der Waals surface area contributed by atoms with Gasteiger partial charge in [-0.2, -0.15) is 23.0 Å². The van der Waals surface area contributed by atoms with E-state index in [9.17, 15) is 27.2 Å². The van der Waals surface area contributed by atoms with E-state index in [1.54, 1.807) is 23.9 Å². The summed E-state index contributed by atoms with van der Waals surface area (Å²) in [6.45, 7) is 1.41. The summed E-state index contributed by atoms with van der Waals surface area (Å²) in [6, 6.07) is 10.7. The van der Waals surface area contributed by atoms with Crippen LogP contribution in [0, 0.1) is 12.7 Å². The quantitative estimate of drug-likeness (QED) is 0.315. The lowest BCUT2D eigenvalue weighted by Crippen LogP contribution is -2.28. The molecule has 5 rings (SSSR count). The lowest BCUT2D eigenvalue weighted by molar-refractivity contribution is -0.137. The number of amides is 1. The van der Waals surface area contributed by atoms with Gasteiger partial charge in [0.25, 0.3) is 11.5 Å². The summed E-state index contributed by atoms with van der Waals surface area (Å²) >= 11 is 0. The van der Waals surface area contributed by atoms with Crippen molar-refractivity contribution in [2.24, 2.45) is 7.05 Å². The molecule has 0 aliphatic heterocycles. The maximum Gasteiger partial charge on any atom is 0.418 e. The van der Waals surface area contributed by atoms with Crippen LogP contribution in [0.5, 0.6) is 11.6 Å². The van der Waals surface area contributed by atoms with Crippen molar-refractivity contribution in [2.45, 2.75) is 13.1 Å². The third-order valence-corrected chi connectivity index (χ3v) is 5.80. The second kappa shape index (κ2) is 9.67. The fourth-order valence-corrected chi connectivity index (χ4v) is 3.93. The molecule has 0 spiro atoms. The van der Waals surface area contributed by atoms with Gasteiger partial charge in [0.05, 0.1) is 16.6 Å². The lowest BCUT2D eigenvalue weighted by Gasteiger charge is -2.15. The molecule has 1 N–H and O–H groups in total. The van der Waals surface area contributed by atoms with Gasteiger partial charge in [0.1, 0.15) is 12.0 Å². The highest BCUT2D eigenvalue weighted by Crippen LogP contribution is 2.33. The maximum atomic E-state index is 14.9. The fourth-order valence-electron chi connectivity index (χ4n) is 3.93. The van der Waals surface area contributed by atoms with Crippen LogP contribution in [0.4, 0.5) is 23.2 Å². The van der Waals surface area contributed by atoms with Crippen LogP contribution in [-0.2, 0) is 13.2 Å². The molecule has 198 valence electrons. The predicted octanol–water partition coefficient (Wildman–Crippen LogP) is 5.03. The summed E-state index contributed by atoms with van der Waals surface area (Å²) in [6.07, 6.45) is -1.72. The van der Waals surface area contributed by atoms with Crippen molar-refractivity contribution in [2.75, 3.05) is 5.32 Å². The summed E-state index contributed by atoms with van der Waals surface area (Å²) in [4.78, 5) is 33.7. The Morgan fingerprint density at radius 3 is 2.56 bits per heavy atom. The van der Waals surface area contributed by atoms with Crippen LogP contribution >= 0.6 is 0 Å². The number of anilines is 1. The smallest absolute Gasteiger partial charge is 0.418 e. The normalized spacial score (nSPS) is 11.5. The van der Waals surface area contributed by atoms with E-state index in [2.05, 4.69) is 20.4 Å². The number of halogens is 4. The van der Waals surface area contributed by atoms with Crippen molar-refractivity contribution in [1.82, 2.24) is 24.3 Å². The molecule has 0 bridgehead atoms. The Hall–Kier alpha value is -5.07. The predicted molar refractivity (Wildman–Crippen MR) is 133 cm³/mol. The largest absolute Gasteiger partial charge is 0.435 e. The van der Waals surface area contributed by atoms with E-state index in [1.165, 1.54) is 37.5 Å². The van der Waals surface area contributed by atoms with Crippen LogP contribution in [-0.4, -0.2) is 30.2 Å². The van der Waals surface area contributed by atoms with Crippen molar-refractivity contribution in [1.29, 1.82) is 0 Å². The number of aromatic nitrogens is 5. The highest BCUT2D eigenvalue weighted by atomic mass is 19.4. The van der Waals surface area contributed by atoms with Gasteiger partial charge in [-0.25, -0.2) is 14.4 Å². The second-order valence-corrected chi connectivity index (χ2v) is 8.49. The number of rotatable bonds is 5. The molecule has 1 amide bonds. The molecule has 0 saturated heterocycles. The van der Waals surface area contributed by atoms with Crippen molar-refractivity contribution in [3.8, 4) is 17.3 Å². The molecule has 0 atom stereocenters. The minimum absolute atomic E-state index is 0.0204. The summed E-state index contributed by atoms with van der Waals surface area (Å²) in [5.74, 6) is -1.70. The number of benzene rings is 2. The average Bonchev–Trinajstić information content (AvgIpc) is 3.27. The first-order valence-electron chi connectivity index (χ1n) is 11.4. The van der Waals surface area contributed by atoms with Gasteiger partial charge in [-0.05, 0) is 42.8 Å². The van der Waals surface area contributed by atoms with Crippen LogP contribution in [0.3, 0.4) is 0 Å². The number of hydrogen-bond donors (Lipinski definition) is 1. The highest BCUT2D eigenvalue weighted by Gasteiger charge is 2.34. The van der Waals surface area contributed by atoms with Crippen molar-refractivity contribution in [3.63, 3.8) is 0 Å². The Bertz CT molecular complexity index is 1800. The maximum absolute atomic E-state index is 14.9. The first kappa shape index (κ1) is 25.6. The monoisotopic (exact) mass is 538 g/mol. The van der Waals surface area contributed by atoms with E-state index in [1.807, 2.05) is 0 Å². The van der Waals surface area contributed by atoms with Gasteiger partial charge in [0.15, 0.2) is 17.3 Å². The molecule has 3 aromatic heterocycles. The minimum Gasteiger partial charge on any atom is -0.435 e. The van der Waals surface area contributed by atoms with Gasteiger partial charge in [-0.3, -0.25) is 9.59 Å². The van der Waals surface area contributed by atoms with E-state index >= 15 is 0 Å². The average molecular weight is 538 g/mol. The number of nitrogens with one attached hydrogen (secondary N) is 1. The SMILES string of the molecule is Cc1cc(=O)n(-c2ccccc2C(F)(F)F)nc1C(=O)Nc1ccc(Oc2ncnc3c2ccn3C)c(F)c1. The topological polar surface area (TPSA) is 104 Å². The molecule has 9 nitrogen and oxygen atoms in total. The molecule has 0 radical (unpaired) electrons. The van der Waals surface area contributed by atoms with Crippen molar-refractivity contribution in [3.05, 3.63) is 100 Å². The van der Waals surface area contributed by atoms with Crippen molar-refractivity contribution >= 4 is 22.6 Å². The van der Waals surface area contributed by atoms with Gasteiger partial charge in [-0.1, -0.05) is 12.1 Å². The van der Waals surface area contributed by atoms with E-state index in [0.29, 0.717) is 15.7 Å². The number of carbonyl (C=O) groups is 1. The Morgan fingerprint density at radius 2 is 1.82 bits per heavy atom. The zero-order valence-corrected chi connectivity index (χ0v) is 20.3. The van der Waals surface area contributed by atoms with Gasteiger partial charge in [0.2, 0.25) is 5.88 Å². The Kier molecular flexibility index (Phi) is 6.34. The van der Waals surface area contributed by atoms with Crippen LogP contribution in [0.15, 0.2) is 71.9 Å². The molecule has 0 aliphatic carbocycles. The van der Waals surface area contributed by atoms with Gasteiger partial charge in [-0.15, -0.1) is 0 Å². The van der Waals surface area contributed by atoms with Crippen LogP contribution in [0.2, 0.25) is 0 Å². The molecule has 0 saturated carbocycles. The second-order valence-electron chi connectivity index (χ2n) is 8.49. The Labute approximate surface area is 217 Å². The summed E-state index contributed by atoms with van der Waals surface area (Å²) in [7, 11) is 1.79. The molecular formula is C26H18F4N6O3. The zero-order valence-electron chi connectivity index (χ0n) is 20.3. The molecule has 2 aromatic carbocycles. The molecule has 0 unspecified atom stereocenters. The molecule has 3 heterocycles. The number of fused-ring (bicyclic) bond motifs is 1. The third-order valence-electron chi connectivity index (χ3n) is 5.80. The number of nitrogens with zero attached hydrogens (tertiary/aromatic N) is 5. The van der Waals surface area contributed by atoms with E-state index in [-0.39, 0.29) is 28.6 Å². The lowest BCUT2D eigenvalue weighted by atomic mass is 10.1. The first-order chi connectivity index (χ1) is 18.5. The van der Waals surface area contributed by atoms with E-state index < -0.39 is 34.7 Å². The van der Waals surface area contributed by atoms with Crippen LogP contribution in [0.25, 0.3) is 16.7 Å². The van der Waals surface area contributed by atoms with E-state index in [0.717, 1.165) is 24.3 Å². The zero-order chi connectivity index (χ0) is 27.9. The Morgan fingerprint density at radius 1 is 1.05 bits per heavy atom. The van der Waals surface area contributed by atoms with E-state index in [4.69, 9.17) is 4.74 Å². The number of carbonyl (C=O) groups excluding carboxylic acids is 1. The molecule has 13 heteroatoms. The molecular weight excluding hydrogens is 520 g/mol. The molecule has 5 aromatic rings. The molecule has 39 heavy (non-hydrogen) atoms. The van der Waals surface area contributed by atoms with Gasteiger partial charge < -0.3 is 14.6 Å². The standard InChI is InChI=1S/C26H18F4N6O3/c1-14-11-21(37)36(19-6-4-3-5-17(19)26(28,29)30)34-22(14)24(38)33-15-7-8-20(18(27)12-15)39-25-16-9-10-35(2)23(16)31-13-32-25/h3-13H,1-2H3,(H,33,38). The number of alkyl halides is 3. The summed E-state index contributed by atoms with van der Waals surface area (Å²) < 4.78 is 63.3. The van der Waals surface area contributed by atoms with Crippen LogP contribution < -0.4 is 15.6 Å². The number of hydrogen-bond acceptors (Lipinski definition) is 6. The highest BCUT2D eigenvalue weighted by molar-refractivity contribution is 6.03. The minimum atomic E-state index is -4.76. The van der Waals surface area contributed by atoms with Crippen molar-refractivity contribution < 1.29 is 27.1 Å². The van der Waals surface area contributed by atoms with Gasteiger partial charge in [0, 0.05) is 31.1 Å². The molecule has 0 aliphatic rings. The fraction of sp³-hybridized carbons (Fsp3) is 0.115. The summed E-state index contributed by atoms with van der Waals surface area (Å²) in [5.41, 5.74) is -2.07. The molecule has 0 fully saturated rings. The summed E-state index contributed by atoms with van der Waals surface area (Å²) in [5, 5.41) is 6.91. The number of aryl methyl sites for hydroxylation is 2. The third kappa shape index (κ3) is 4.93. The first-order valence-corrected chi connectivity index (χ1v) is 11.4. The number of ether oxygens (including phenoxy) is 1. The Balaban J connectivity index is 1.42.